The number of nitrogens with zero attached hydrogens (tertiary/aromatic N) is 1. The Balaban J connectivity index is 2.85. The van der Waals surface area contributed by atoms with Gasteiger partial charge in [-0.05, 0) is 31.8 Å². The molecule has 0 heterocycles. The molecule has 0 aliphatic rings. The SMILES string of the molecule is COC(=O)CC(c1ccc(Cl)cc1)N(C)C. The molecule has 3 nitrogen and oxygen atoms in total. The highest BCUT2D eigenvalue weighted by Crippen LogP contribution is 2.23. The first kappa shape index (κ1) is 13.0. The smallest absolute Gasteiger partial charge is 0.307 e. The van der Waals surface area contributed by atoms with E-state index in [0.29, 0.717) is 11.4 Å². The third-order valence-electron chi connectivity index (χ3n) is 2.47. The second-order valence-corrected chi connectivity index (χ2v) is 4.25. The lowest BCUT2D eigenvalue weighted by atomic mass is 10.0. The summed E-state index contributed by atoms with van der Waals surface area (Å²) in [5, 5.41) is 0.694. The fourth-order valence-corrected chi connectivity index (χ4v) is 1.65. The van der Waals surface area contributed by atoms with Gasteiger partial charge < -0.3 is 9.64 Å². The molecule has 0 bridgehead atoms. The van der Waals surface area contributed by atoms with Crippen LogP contribution in [0.25, 0.3) is 0 Å². The van der Waals surface area contributed by atoms with Crippen LogP contribution in [0.5, 0.6) is 0 Å². The van der Waals surface area contributed by atoms with Crippen LogP contribution in [0.15, 0.2) is 24.3 Å². The highest BCUT2D eigenvalue weighted by Gasteiger charge is 2.18. The molecule has 0 N–H and O–H groups in total. The molecule has 1 rings (SSSR count). The Labute approximate surface area is 101 Å². The summed E-state index contributed by atoms with van der Waals surface area (Å²) in [7, 11) is 5.27. The zero-order valence-electron chi connectivity index (χ0n) is 9.74. The third-order valence-corrected chi connectivity index (χ3v) is 2.72. The molecule has 16 heavy (non-hydrogen) atoms. The van der Waals surface area contributed by atoms with Crippen LogP contribution in [-0.2, 0) is 9.53 Å². The van der Waals surface area contributed by atoms with Gasteiger partial charge in [0.15, 0.2) is 0 Å². The summed E-state index contributed by atoms with van der Waals surface area (Å²) in [4.78, 5) is 13.3. The van der Waals surface area contributed by atoms with Crippen molar-refractivity contribution < 1.29 is 9.53 Å². The summed E-state index contributed by atoms with van der Waals surface area (Å²) in [6.45, 7) is 0. The van der Waals surface area contributed by atoms with Crippen LogP contribution in [0.3, 0.4) is 0 Å². The first-order valence-corrected chi connectivity index (χ1v) is 5.41. The van der Waals surface area contributed by atoms with E-state index in [-0.39, 0.29) is 12.0 Å². The topological polar surface area (TPSA) is 29.5 Å². The first-order valence-electron chi connectivity index (χ1n) is 5.03. The summed E-state index contributed by atoms with van der Waals surface area (Å²) in [6.07, 6.45) is 0.338. The number of halogens is 1. The van der Waals surface area contributed by atoms with E-state index in [1.807, 2.05) is 43.3 Å². The van der Waals surface area contributed by atoms with E-state index in [2.05, 4.69) is 4.74 Å². The van der Waals surface area contributed by atoms with E-state index in [9.17, 15) is 4.79 Å². The lowest BCUT2D eigenvalue weighted by molar-refractivity contribution is -0.141. The predicted molar refractivity (Wildman–Crippen MR) is 64.5 cm³/mol. The predicted octanol–water partition coefficient (Wildman–Crippen LogP) is 2.51. The van der Waals surface area contributed by atoms with Crippen LogP contribution in [0.1, 0.15) is 18.0 Å². The van der Waals surface area contributed by atoms with Gasteiger partial charge in [-0.1, -0.05) is 23.7 Å². The number of rotatable bonds is 4. The zero-order valence-corrected chi connectivity index (χ0v) is 10.5. The van der Waals surface area contributed by atoms with Crippen molar-refractivity contribution in [3.63, 3.8) is 0 Å². The molecular weight excluding hydrogens is 226 g/mol. The number of hydrogen-bond donors (Lipinski definition) is 0. The van der Waals surface area contributed by atoms with Gasteiger partial charge in [-0.25, -0.2) is 0 Å². The number of hydrogen-bond acceptors (Lipinski definition) is 3. The molecule has 88 valence electrons. The Bertz CT molecular complexity index is 349. The second kappa shape index (κ2) is 5.87. The maximum atomic E-state index is 11.3. The van der Waals surface area contributed by atoms with Crippen molar-refractivity contribution >= 4 is 17.6 Å². The molecule has 1 aromatic carbocycles. The first-order chi connectivity index (χ1) is 7.54. The van der Waals surface area contributed by atoms with E-state index in [0.717, 1.165) is 5.56 Å². The number of carbonyl (C=O) groups excluding carboxylic acids is 1. The quantitative estimate of drug-likeness (QED) is 0.759. The molecular formula is C12H16ClNO2. The maximum absolute atomic E-state index is 11.3. The fourth-order valence-electron chi connectivity index (χ4n) is 1.52. The molecule has 1 unspecified atom stereocenters. The van der Waals surface area contributed by atoms with Crippen LogP contribution in [0.4, 0.5) is 0 Å². The van der Waals surface area contributed by atoms with Gasteiger partial charge >= 0.3 is 5.97 Å². The highest BCUT2D eigenvalue weighted by molar-refractivity contribution is 6.30. The molecule has 0 fully saturated rings. The van der Waals surface area contributed by atoms with Gasteiger partial charge in [-0.2, -0.15) is 0 Å². The molecule has 4 heteroatoms. The Hall–Kier alpha value is -1.06. The molecule has 1 atom stereocenters. The van der Waals surface area contributed by atoms with Crippen LogP contribution in [-0.4, -0.2) is 32.1 Å². The minimum absolute atomic E-state index is 0.0183. The summed E-state index contributed by atoms with van der Waals surface area (Å²) >= 11 is 5.82. The van der Waals surface area contributed by atoms with Gasteiger partial charge in [0, 0.05) is 11.1 Å². The van der Waals surface area contributed by atoms with Crippen molar-refractivity contribution in [2.45, 2.75) is 12.5 Å². The van der Waals surface area contributed by atoms with Crippen LogP contribution in [0.2, 0.25) is 5.02 Å². The number of methoxy groups -OCH3 is 1. The fraction of sp³-hybridized carbons (Fsp3) is 0.417. The molecule has 0 saturated heterocycles. The van der Waals surface area contributed by atoms with Crippen molar-refractivity contribution in [3.8, 4) is 0 Å². The summed E-state index contributed by atoms with van der Waals surface area (Å²) < 4.78 is 4.68. The zero-order chi connectivity index (χ0) is 12.1. The monoisotopic (exact) mass is 241 g/mol. The average molecular weight is 242 g/mol. The van der Waals surface area contributed by atoms with Gasteiger partial charge in [0.1, 0.15) is 0 Å². The summed E-state index contributed by atoms with van der Waals surface area (Å²) in [6, 6.07) is 7.52. The van der Waals surface area contributed by atoms with Crippen molar-refractivity contribution in [1.82, 2.24) is 4.90 Å². The molecule has 0 aliphatic heterocycles. The van der Waals surface area contributed by atoms with E-state index >= 15 is 0 Å². The van der Waals surface area contributed by atoms with Crippen LogP contribution >= 0.6 is 11.6 Å². The Morgan fingerprint density at radius 2 is 1.94 bits per heavy atom. The third kappa shape index (κ3) is 3.51. The minimum Gasteiger partial charge on any atom is -0.469 e. The van der Waals surface area contributed by atoms with E-state index in [4.69, 9.17) is 11.6 Å². The summed E-state index contributed by atoms with van der Waals surface area (Å²) in [5.41, 5.74) is 1.06. The molecule has 0 spiro atoms. The summed E-state index contributed by atoms with van der Waals surface area (Å²) in [5.74, 6) is -0.214. The molecule has 0 saturated carbocycles. The minimum atomic E-state index is -0.214. The van der Waals surface area contributed by atoms with Gasteiger partial charge in [0.2, 0.25) is 0 Å². The largest absolute Gasteiger partial charge is 0.469 e. The molecule has 0 aliphatic carbocycles. The van der Waals surface area contributed by atoms with Crippen molar-refractivity contribution in [2.24, 2.45) is 0 Å². The Morgan fingerprint density at radius 3 is 2.38 bits per heavy atom. The van der Waals surface area contributed by atoms with Gasteiger partial charge in [-0.15, -0.1) is 0 Å². The maximum Gasteiger partial charge on any atom is 0.307 e. The van der Waals surface area contributed by atoms with E-state index in [1.165, 1.54) is 7.11 Å². The average Bonchev–Trinajstić information content (AvgIpc) is 2.26. The number of carbonyl (C=O) groups is 1. The lowest BCUT2D eigenvalue weighted by Gasteiger charge is -2.23. The van der Waals surface area contributed by atoms with Crippen molar-refractivity contribution in [1.29, 1.82) is 0 Å². The highest BCUT2D eigenvalue weighted by atomic mass is 35.5. The van der Waals surface area contributed by atoms with E-state index < -0.39 is 0 Å². The lowest BCUT2D eigenvalue weighted by Crippen LogP contribution is -2.23. The standard InChI is InChI=1S/C12H16ClNO2/c1-14(2)11(8-12(15)16-3)9-4-6-10(13)7-5-9/h4-7,11H,8H2,1-3H3. The van der Waals surface area contributed by atoms with Crippen molar-refractivity contribution in [3.05, 3.63) is 34.9 Å². The molecule has 0 radical (unpaired) electrons. The van der Waals surface area contributed by atoms with Gasteiger partial charge in [-0.3, -0.25) is 4.79 Å². The molecule has 0 aromatic heterocycles. The second-order valence-electron chi connectivity index (χ2n) is 3.81. The normalized spacial score (nSPS) is 12.6. The number of benzene rings is 1. The number of esters is 1. The Morgan fingerprint density at radius 1 is 1.38 bits per heavy atom. The Kier molecular flexibility index (Phi) is 4.77. The van der Waals surface area contributed by atoms with Crippen molar-refractivity contribution in [2.75, 3.05) is 21.2 Å². The van der Waals surface area contributed by atoms with Gasteiger partial charge in [0.05, 0.1) is 13.5 Å². The van der Waals surface area contributed by atoms with Crippen LogP contribution < -0.4 is 0 Å². The molecule has 0 amide bonds. The van der Waals surface area contributed by atoms with Crippen LogP contribution in [0, 0.1) is 0 Å². The van der Waals surface area contributed by atoms with E-state index in [1.54, 1.807) is 0 Å². The van der Waals surface area contributed by atoms with Gasteiger partial charge in [0.25, 0.3) is 0 Å². The number of ether oxygens (including phenoxy) is 1. The molecule has 1 aromatic rings.